The van der Waals surface area contributed by atoms with Crippen LogP contribution in [0.2, 0.25) is 0 Å². The third-order valence-electron chi connectivity index (χ3n) is 2.59. The number of rotatable bonds is 2. The van der Waals surface area contributed by atoms with Crippen molar-refractivity contribution in [1.82, 2.24) is 0 Å². The van der Waals surface area contributed by atoms with Crippen LogP contribution in [0.1, 0.15) is 18.4 Å². The first-order valence-corrected chi connectivity index (χ1v) is 6.49. The van der Waals surface area contributed by atoms with Gasteiger partial charge >= 0.3 is 0 Å². The fraction of sp³-hybridized carbons (Fsp3) is 0.400. The van der Waals surface area contributed by atoms with E-state index < -0.39 is 15.4 Å². The van der Waals surface area contributed by atoms with Crippen LogP contribution in [-0.2, 0) is 15.4 Å². The van der Waals surface area contributed by atoms with E-state index in [4.69, 9.17) is 0 Å². The first-order valence-electron chi connectivity index (χ1n) is 4.59. The van der Waals surface area contributed by atoms with E-state index in [2.05, 4.69) is 0 Å². The molecule has 2 N–H and O–H groups in total. The first-order chi connectivity index (χ1) is 6.84. The van der Waals surface area contributed by atoms with Gasteiger partial charge in [0.05, 0.1) is 5.60 Å². The van der Waals surface area contributed by atoms with E-state index in [9.17, 15) is 18.6 Å². The second-order valence-electron chi connectivity index (χ2n) is 3.96. The second-order valence-corrected chi connectivity index (χ2v) is 5.91. The Morgan fingerprint density at radius 3 is 2.40 bits per heavy atom. The summed E-state index contributed by atoms with van der Waals surface area (Å²) in [5.74, 6) is -0.296. The molecule has 0 radical (unpaired) electrons. The Balaban J connectivity index is 2.71. The molecule has 0 aromatic heterocycles. The molecule has 0 saturated heterocycles. The standard InChI is InChI=1S/C10H12O4S/c1-15(13,14)9-7(10(12)5-6-10)3-2-4-8(9)11/h2-4,11-12H,5-6H2,1H3. The molecule has 0 atom stereocenters. The van der Waals surface area contributed by atoms with Crippen molar-refractivity contribution in [3.05, 3.63) is 23.8 Å². The Morgan fingerprint density at radius 2 is 1.93 bits per heavy atom. The smallest absolute Gasteiger partial charge is 0.179 e. The fourth-order valence-electron chi connectivity index (χ4n) is 1.67. The highest BCUT2D eigenvalue weighted by molar-refractivity contribution is 7.90. The number of aromatic hydroxyl groups is 1. The lowest BCUT2D eigenvalue weighted by Gasteiger charge is -2.13. The molecule has 1 saturated carbocycles. The molecule has 2 rings (SSSR count). The third-order valence-corrected chi connectivity index (χ3v) is 3.76. The van der Waals surface area contributed by atoms with Gasteiger partial charge in [-0.15, -0.1) is 0 Å². The van der Waals surface area contributed by atoms with Gasteiger partial charge in [-0.1, -0.05) is 12.1 Å². The lowest BCUT2D eigenvalue weighted by atomic mass is 10.1. The second kappa shape index (κ2) is 2.96. The van der Waals surface area contributed by atoms with Gasteiger partial charge in [-0.05, 0) is 18.9 Å². The molecule has 1 aromatic carbocycles. The number of benzene rings is 1. The molecule has 0 aliphatic heterocycles. The van der Waals surface area contributed by atoms with E-state index in [-0.39, 0.29) is 10.6 Å². The largest absolute Gasteiger partial charge is 0.507 e. The highest BCUT2D eigenvalue weighted by Gasteiger charge is 2.45. The maximum absolute atomic E-state index is 11.5. The van der Waals surface area contributed by atoms with Crippen LogP contribution in [0.4, 0.5) is 0 Å². The number of sulfone groups is 1. The van der Waals surface area contributed by atoms with Crippen LogP contribution >= 0.6 is 0 Å². The van der Waals surface area contributed by atoms with Gasteiger partial charge in [0.25, 0.3) is 0 Å². The predicted octanol–water partition coefficient (Wildman–Crippen LogP) is 0.777. The Hall–Kier alpha value is -1.07. The molecule has 1 aliphatic carbocycles. The molecule has 15 heavy (non-hydrogen) atoms. The van der Waals surface area contributed by atoms with Gasteiger partial charge in [-0.3, -0.25) is 0 Å². The third kappa shape index (κ3) is 1.72. The first kappa shape index (κ1) is 10.4. The van der Waals surface area contributed by atoms with E-state index in [1.54, 1.807) is 6.07 Å². The van der Waals surface area contributed by atoms with Crippen molar-refractivity contribution in [1.29, 1.82) is 0 Å². The van der Waals surface area contributed by atoms with E-state index in [0.29, 0.717) is 18.4 Å². The molecule has 1 fully saturated rings. The molecule has 1 aromatic rings. The maximum Gasteiger partial charge on any atom is 0.179 e. The van der Waals surface area contributed by atoms with Gasteiger partial charge in [0, 0.05) is 11.8 Å². The molecule has 0 amide bonds. The molecule has 4 nitrogen and oxygen atoms in total. The zero-order valence-corrected chi connectivity index (χ0v) is 9.08. The summed E-state index contributed by atoms with van der Waals surface area (Å²) in [6, 6.07) is 4.39. The number of phenolic OH excluding ortho intramolecular Hbond substituents is 1. The zero-order chi connectivity index (χ0) is 11.3. The lowest BCUT2D eigenvalue weighted by molar-refractivity contribution is 0.147. The average molecular weight is 228 g/mol. The van der Waals surface area contributed by atoms with Crippen LogP contribution in [0.3, 0.4) is 0 Å². The quantitative estimate of drug-likeness (QED) is 0.784. The van der Waals surface area contributed by atoms with Crippen LogP contribution in [0.15, 0.2) is 23.1 Å². The van der Waals surface area contributed by atoms with Crippen LogP contribution < -0.4 is 0 Å². The van der Waals surface area contributed by atoms with Crippen molar-refractivity contribution in [3.8, 4) is 5.75 Å². The zero-order valence-electron chi connectivity index (χ0n) is 8.27. The topological polar surface area (TPSA) is 74.6 Å². The van der Waals surface area contributed by atoms with Crippen molar-refractivity contribution in [2.75, 3.05) is 6.26 Å². The summed E-state index contributed by atoms with van der Waals surface area (Å²) in [5.41, 5.74) is -0.748. The number of phenols is 1. The van der Waals surface area contributed by atoms with Gasteiger partial charge in [0.2, 0.25) is 0 Å². The van der Waals surface area contributed by atoms with Gasteiger partial charge < -0.3 is 10.2 Å². The summed E-state index contributed by atoms with van der Waals surface area (Å²) in [6.45, 7) is 0. The summed E-state index contributed by atoms with van der Waals surface area (Å²) in [7, 11) is -3.52. The van der Waals surface area contributed by atoms with E-state index in [0.717, 1.165) is 6.26 Å². The van der Waals surface area contributed by atoms with Crippen molar-refractivity contribution in [2.45, 2.75) is 23.3 Å². The van der Waals surface area contributed by atoms with E-state index in [1.165, 1.54) is 12.1 Å². The summed E-state index contributed by atoms with van der Waals surface area (Å²) in [4.78, 5) is -0.148. The van der Waals surface area contributed by atoms with Crippen molar-refractivity contribution in [2.24, 2.45) is 0 Å². The Labute approximate surface area is 88.1 Å². The highest BCUT2D eigenvalue weighted by Crippen LogP contribution is 2.48. The summed E-state index contributed by atoms with van der Waals surface area (Å²) >= 11 is 0. The molecule has 1 aliphatic rings. The SMILES string of the molecule is CS(=O)(=O)c1c(O)cccc1C1(O)CC1. The summed E-state index contributed by atoms with van der Waals surface area (Å²) in [6.07, 6.45) is 2.11. The van der Waals surface area contributed by atoms with Gasteiger partial charge in [-0.25, -0.2) is 8.42 Å². The van der Waals surface area contributed by atoms with Crippen LogP contribution in [0.25, 0.3) is 0 Å². The minimum absolute atomic E-state index is 0.148. The van der Waals surface area contributed by atoms with E-state index >= 15 is 0 Å². The number of aliphatic hydroxyl groups is 1. The molecule has 0 unspecified atom stereocenters. The number of hydrogen-bond donors (Lipinski definition) is 2. The monoisotopic (exact) mass is 228 g/mol. The van der Waals surface area contributed by atoms with Crippen molar-refractivity contribution < 1.29 is 18.6 Å². The molecule has 0 bridgehead atoms. The fourth-order valence-corrected chi connectivity index (χ4v) is 2.77. The van der Waals surface area contributed by atoms with Crippen LogP contribution in [-0.4, -0.2) is 24.9 Å². The predicted molar refractivity (Wildman–Crippen MR) is 54.3 cm³/mol. The molecule has 82 valence electrons. The van der Waals surface area contributed by atoms with Crippen molar-refractivity contribution >= 4 is 9.84 Å². The molecule has 5 heteroatoms. The highest BCUT2D eigenvalue weighted by atomic mass is 32.2. The minimum atomic E-state index is -3.52. The van der Waals surface area contributed by atoms with Crippen LogP contribution in [0, 0.1) is 0 Å². The number of hydrogen-bond acceptors (Lipinski definition) is 4. The van der Waals surface area contributed by atoms with Crippen LogP contribution in [0.5, 0.6) is 5.75 Å². The molecular weight excluding hydrogens is 216 g/mol. The Kier molecular flexibility index (Phi) is 2.06. The van der Waals surface area contributed by atoms with Gasteiger partial charge in [0.1, 0.15) is 10.6 Å². The molecular formula is C10H12O4S. The average Bonchev–Trinajstić information content (AvgIpc) is 2.82. The Morgan fingerprint density at radius 1 is 1.33 bits per heavy atom. The minimum Gasteiger partial charge on any atom is -0.507 e. The normalized spacial score (nSPS) is 18.8. The maximum atomic E-state index is 11.5. The van der Waals surface area contributed by atoms with Crippen molar-refractivity contribution in [3.63, 3.8) is 0 Å². The molecule has 0 heterocycles. The summed E-state index contributed by atoms with van der Waals surface area (Å²) < 4.78 is 23.0. The van der Waals surface area contributed by atoms with Gasteiger partial charge in [0.15, 0.2) is 9.84 Å². The van der Waals surface area contributed by atoms with E-state index in [1.807, 2.05) is 0 Å². The van der Waals surface area contributed by atoms with Gasteiger partial charge in [-0.2, -0.15) is 0 Å². The summed E-state index contributed by atoms with van der Waals surface area (Å²) in [5, 5.41) is 19.4. The Bertz CT molecular complexity index is 500. The lowest BCUT2D eigenvalue weighted by Crippen LogP contribution is -2.11. The molecule has 0 spiro atoms.